The third kappa shape index (κ3) is 3.84. The van der Waals surface area contributed by atoms with Crippen molar-refractivity contribution in [3.8, 4) is 5.75 Å². The van der Waals surface area contributed by atoms with Gasteiger partial charge in [-0.25, -0.2) is 0 Å². The van der Waals surface area contributed by atoms with E-state index in [1.54, 1.807) is 6.07 Å². The fraction of sp³-hybridized carbons (Fsp3) is 0.481. The van der Waals surface area contributed by atoms with Gasteiger partial charge < -0.3 is 19.7 Å². The Kier molecular flexibility index (Phi) is 6.22. The first-order chi connectivity index (χ1) is 17.2. The quantitative estimate of drug-likeness (QED) is 0.688. The summed E-state index contributed by atoms with van der Waals surface area (Å²) in [5.74, 6) is -0.398. The molecule has 2 saturated heterocycles. The van der Waals surface area contributed by atoms with Crippen molar-refractivity contribution in [2.24, 2.45) is 5.41 Å². The van der Waals surface area contributed by atoms with Gasteiger partial charge in [0, 0.05) is 51.1 Å². The van der Waals surface area contributed by atoms with Gasteiger partial charge in [0.15, 0.2) is 0 Å². The molecule has 0 radical (unpaired) electrons. The Balaban J connectivity index is 1.44. The fourth-order valence-electron chi connectivity index (χ4n) is 6.20. The summed E-state index contributed by atoms with van der Waals surface area (Å²) in [6.07, 6.45) is -3.05. The van der Waals surface area contributed by atoms with Gasteiger partial charge >= 0.3 is 6.18 Å². The van der Waals surface area contributed by atoms with Crippen LogP contribution in [0.1, 0.15) is 41.9 Å². The summed E-state index contributed by atoms with van der Waals surface area (Å²) < 4.78 is 54.2. The molecule has 0 bridgehead atoms. The van der Waals surface area contributed by atoms with Gasteiger partial charge in [-0.2, -0.15) is 13.2 Å². The van der Waals surface area contributed by atoms with E-state index in [-0.39, 0.29) is 36.9 Å². The maximum Gasteiger partial charge on any atom is 0.430 e. The Morgan fingerprint density at radius 1 is 1.11 bits per heavy atom. The molecule has 2 amide bonds. The molecule has 1 unspecified atom stereocenters. The molecule has 5 rings (SSSR count). The second-order valence-corrected chi connectivity index (χ2v) is 9.87. The Bertz CT molecular complexity index is 1150. The smallest absolute Gasteiger partial charge is 0.430 e. The molecule has 3 heterocycles. The molecule has 2 aromatic carbocycles. The third-order valence-electron chi connectivity index (χ3n) is 8.11. The average Bonchev–Trinajstić information content (AvgIpc) is 3.35. The van der Waals surface area contributed by atoms with E-state index in [1.807, 2.05) is 18.2 Å². The lowest BCUT2D eigenvalue weighted by atomic mass is 9.62. The van der Waals surface area contributed by atoms with Crippen LogP contribution in [0.5, 0.6) is 5.75 Å². The molecule has 6 nitrogen and oxygen atoms in total. The molecular weight excluding hydrogens is 473 g/mol. The number of methoxy groups -OCH3 is 1. The van der Waals surface area contributed by atoms with Crippen LogP contribution in [0.3, 0.4) is 0 Å². The number of halogens is 3. The number of nitrogens with zero attached hydrogens (tertiary/aromatic N) is 1. The molecule has 1 spiro atoms. The van der Waals surface area contributed by atoms with E-state index in [0.29, 0.717) is 26.0 Å². The highest BCUT2D eigenvalue weighted by Crippen LogP contribution is 2.52. The topological polar surface area (TPSA) is 67.9 Å². The Hall–Kier alpha value is -3.07. The zero-order valence-electron chi connectivity index (χ0n) is 20.1. The molecule has 3 aliphatic heterocycles. The number of nitrogens with one attached hydrogen (secondary N) is 1. The number of alkyl halides is 3. The number of piperidine rings is 2. The molecule has 2 atom stereocenters. The van der Waals surface area contributed by atoms with Gasteiger partial charge in [0.1, 0.15) is 5.75 Å². The first-order valence-corrected chi connectivity index (χ1v) is 12.2. The van der Waals surface area contributed by atoms with Gasteiger partial charge in [0.2, 0.25) is 5.91 Å². The second kappa shape index (κ2) is 9.10. The predicted molar refractivity (Wildman–Crippen MR) is 125 cm³/mol. The number of fused-ring (bicyclic) bond motifs is 1. The van der Waals surface area contributed by atoms with Crippen molar-refractivity contribution in [2.45, 2.75) is 43.4 Å². The van der Waals surface area contributed by atoms with Crippen LogP contribution in [-0.2, 0) is 26.3 Å². The zero-order chi connectivity index (χ0) is 25.6. The molecule has 0 aliphatic carbocycles. The van der Waals surface area contributed by atoms with E-state index < -0.39 is 23.1 Å². The SMILES string of the molecule is CO[C@@](C(=O)N1CCC2(CC1)CC(=O)NCC2c1cccc2c1OCC2)(c1ccccc1)C(F)(F)F. The zero-order valence-corrected chi connectivity index (χ0v) is 20.1. The van der Waals surface area contributed by atoms with E-state index in [0.717, 1.165) is 30.4 Å². The molecule has 1 N–H and O–H groups in total. The number of amides is 2. The summed E-state index contributed by atoms with van der Waals surface area (Å²) in [5.41, 5.74) is -1.66. The Morgan fingerprint density at radius 3 is 2.50 bits per heavy atom. The highest BCUT2D eigenvalue weighted by atomic mass is 19.4. The van der Waals surface area contributed by atoms with Gasteiger partial charge in [-0.15, -0.1) is 0 Å². The van der Waals surface area contributed by atoms with Crippen molar-refractivity contribution in [2.75, 3.05) is 33.4 Å². The van der Waals surface area contributed by atoms with Crippen LogP contribution >= 0.6 is 0 Å². The average molecular weight is 503 g/mol. The summed E-state index contributed by atoms with van der Waals surface area (Å²) in [6, 6.07) is 13.1. The molecule has 9 heteroatoms. The van der Waals surface area contributed by atoms with Crippen LogP contribution < -0.4 is 10.1 Å². The van der Waals surface area contributed by atoms with E-state index in [9.17, 15) is 22.8 Å². The lowest BCUT2D eigenvalue weighted by molar-refractivity contribution is -0.271. The van der Waals surface area contributed by atoms with Gasteiger partial charge in [0.05, 0.1) is 6.61 Å². The number of rotatable bonds is 4. The number of para-hydroxylation sites is 1. The normalized spacial score (nSPS) is 22.9. The number of likely N-dealkylation sites (tertiary alicyclic amines) is 1. The predicted octanol–water partition coefficient (Wildman–Crippen LogP) is 3.94. The molecular formula is C27H29F3N2O4. The molecule has 192 valence electrons. The summed E-state index contributed by atoms with van der Waals surface area (Å²) >= 11 is 0. The minimum Gasteiger partial charge on any atom is -0.493 e. The monoisotopic (exact) mass is 502 g/mol. The van der Waals surface area contributed by atoms with Gasteiger partial charge in [-0.3, -0.25) is 9.59 Å². The fourth-order valence-corrected chi connectivity index (χ4v) is 6.20. The Morgan fingerprint density at radius 2 is 1.83 bits per heavy atom. The van der Waals surface area contributed by atoms with Crippen LogP contribution in [0, 0.1) is 5.41 Å². The largest absolute Gasteiger partial charge is 0.493 e. The van der Waals surface area contributed by atoms with E-state index in [2.05, 4.69) is 5.32 Å². The molecule has 0 saturated carbocycles. The number of hydrogen-bond donors (Lipinski definition) is 1. The van der Waals surface area contributed by atoms with Gasteiger partial charge in [0.25, 0.3) is 11.5 Å². The van der Waals surface area contributed by atoms with Crippen molar-refractivity contribution < 1.29 is 32.2 Å². The van der Waals surface area contributed by atoms with Crippen LogP contribution in [-0.4, -0.2) is 56.2 Å². The molecule has 2 fully saturated rings. The van der Waals surface area contributed by atoms with E-state index in [1.165, 1.54) is 29.2 Å². The van der Waals surface area contributed by atoms with Crippen LogP contribution in [0.25, 0.3) is 0 Å². The van der Waals surface area contributed by atoms with E-state index >= 15 is 0 Å². The van der Waals surface area contributed by atoms with Crippen LogP contribution in [0.4, 0.5) is 13.2 Å². The standard InChI is InChI=1S/C27H29F3N2O4/c1-35-26(27(28,29)30,19-7-3-2-4-8-19)24(34)32-13-11-25(12-14-32)16-22(33)31-17-21(25)20-9-5-6-18-10-15-36-23(18)20/h2-9,21H,10-17H2,1H3,(H,31,33)/t21?,26-/m1/s1. The number of ether oxygens (including phenoxy) is 2. The van der Waals surface area contributed by atoms with E-state index in [4.69, 9.17) is 9.47 Å². The summed E-state index contributed by atoms with van der Waals surface area (Å²) in [7, 11) is 0.918. The van der Waals surface area contributed by atoms with Crippen LogP contribution in [0.2, 0.25) is 0 Å². The lowest BCUT2D eigenvalue weighted by Gasteiger charge is -2.50. The molecule has 2 aromatic rings. The maximum atomic E-state index is 14.4. The summed E-state index contributed by atoms with van der Waals surface area (Å²) in [5, 5.41) is 2.96. The third-order valence-corrected chi connectivity index (χ3v) is 8.11. The molecule has 0 aromatic heterocycles. The Labute approximate surface area is 207 Å². The molecule has 36 heavy (non-hydrogen) atoms. The first-order valence-electron chi connectivity index (χ1n) is 12.2. The van der Waals surface area contributed by atoms with Crippen molar-refractivity contribution in [3.63, 3.8) is 0 Å². The number of benzene rings is 2. The highest BCUT2D eigenvalue weighted by molar-refractivity contribution is 5.88. The molecule has 3 aliphatic rings. The van der Waals surface area contributed by atoms with Gasteiger partial charge in [-0.05, 0) is 29.4 Å². The summed E-state index contributed by atoms with van der Waals surface area (Å²) in [6.45, 7) is 1.25. The lowest BCUT2D eigenvalue weighted by Crippen LogP contribution is -2.60. The van der Waals surface area contributed by atoms with Gasteiger partial charge in [-0.1, -0.05) is 48.5 Å². The highest BCUT2D eigenvalue weighted by Gasteiger charge is 2.64. The van der Waals surface area contributed by atoms with Crippen molar-refractivity contribution >= 4 is 11.8 Å². The minimum absolute atomic E-state index is 0.0515. The minimum atomic E-state index is -4.95. The number of hydrogen-bond acceptors (Lipinski definition) is 4. The van der Waals surface area contributed by atoms with Crippen LogP contribution in [0.15, 0.2) is 48.5 Å². The van der Waals surface area contributed by atoms with Crippen molar-refractivity contribution in [1.82, 2.24) is 10.2 Å². The first kappa shape index (κ1) is 24.6. The number of carbonyl (C=O) groups is 2. The summed E-state index contributed by atoms with van der Waals surface area (Å²) in [4.78, 5) is 27.3. The van der Waals surface area contributed by atoms with Crippen molar-refractivity contribution in [3.05, 3.63) is 65.2 Å². The number of carbonyl (C=O) groups excluding carboxylic acids is 2. The maximum absolute atomic E-state index is 14.4. The van der Waals surface area contributed by atoms with Crippen molar-refractivity contribution in [1.29, 1.82) is 0 Å². The second-order valence-electron chi connectivity index (χ2n) is 9.87.